The van der Waals surface area contributed by atoms with Crippen LogP contribution in [0.2, 0.25) is 0 Å². The van der Waals surface area contributed by atoms with E-state index in [-0.39, 0.29) is 5.41 Å². The van der Waals surface area contributed by atoms with Gasteiger partial charge < -0.3 is 5.32 Å². The summed E-state index contributed by atoms with van der Waals surface area (Å²) in [5.74, 6) is 5.35. The lowest BCUT2D eigenvalue weighted by atomic mass is 9.87. The van der Waals surface area contributed by atoms with E-state index in [4.69, 9.17) is 5.84 Å². The number of hydrogen-bond acceptors (Lipinski definition) is 3. The van der Waals surface area contributed by atoms with E-state index in [1.54, 1.807) is 0 Å². The average Bonchev–Trinajstić information content (AvgIpc) is 1.80. The lowest BCUT2D eigenvalue weighted by molar-refractivity contribution is 0.266. The van der Waals surface area contributed by atoms with Gasteiger partial charge in [0.1, 0.15) is 0 Å². The van der Waals surface area contributed by atoms with Gasteiger partial charge in [-0.2, -0.15) is 0 Å². The predicted molar refractivity (Wildman–Crippen MR) is 44.5 cm³/mol. The third kappa shape index (κ3) is 3.15. The van der Waals surface area contributed by atoms with Gasteiger partial charge in [-0.15, -0.1) is 0 Å². The summed E-state index contributed by atoms with van der Waals surface area (Å²) < 4.78 is 0. The summed E-state index contributed by atoms with van der Waals surface area (Å²) in [7, 11) is 1.93. The standard InChI is InChI=1S/C7H19N3/c1-7(2,3)6(10-8)5-9-4/h6,9-10H,5,8H2,1-4H3/t6-/m1/s1. The predicted octanol–water partition coefficient (Wildman–Crippen LogP) is 0.0838. The van der Waals surface area contributed by atoms with Crippen LogP contribution in [-0.2, 0) is 0 Å². The third-order valence-electron chi connectivity index (χ3n) is 1.65. The van der Waals surface area contributed by atoms with Crippen LogP contribution in [0, 0.1) is 5.41 Å². The second-order valence-corrected chi connectivity index (χ2v) is 3.64. The SMILES string of the molecule is CNC[C@@H](NN)C(C)(C)C. The molecule has 0 aliphatic carbocycles. The fourth-order valence-electron chi connectivity index (χ4n) is 0.819. The van der Waals surface area contributed by atoms with Crippen LogP contribution in [0.4, 0.5) is 0 Å². The van der Waals surface area contributed by atoms with Gasteiger partial charge in [0.15, 0.2) is 0 Å². The van der Waals surface area contributed by atoms with Gasteiger partial charge in [0, 0.05) is 12.6 Å². The van der Waals surface area contributed by atoms with Crippen molar-refractivity contribution in [2.24, 2.45) is 11.3 Å². The summed E-state index contributed by atoms with van der Waals surface area (Å²) in [6, 6.07) is 0.331. The van der Waals surface area contributed by atoms with Crippen LogP contribution in [0.15, 0.2) is 0 Å². The van der Waals surface area contributed by atoms with Gasteiger partial charge in [-0.05, 0) is 12.5 Å². The number of likely N-dealkylation sites (N-methyl/N-ethyl adjacent to an activating group) is 1. The Kier molecular flexibility index (Phi) is 3.86. The van der Waals surface area contributed by atoms with Crippen molar-refractivity contribution < 1.29 is 0 Å². The highest BCUT2D eigenvalue weighted by Crippen LogP contribution is 2.17. The van der Waals surface area contributed by atoms with Crippen LogP contribution in [-0.4, -0.2) is 19.6 Å². The van der Waals surface area contributed by atoms with Crippen LogP contribution in [0.25, 0.3) is 0 Å². The fraction of sp³-hybridized carbons (Fsp3) is 1.00. The first kappa shape index (κ1) is 9.88. The summed E-state index contributed by atoms with van der Waals surface area (Å²) in [4.78, 5) is 0. The molecule has 0 aromatic rings. The van der Waals surface area contributed by atoms with Crippen molar-refractivity contribution >= 4 is 0 Å². The molecule has 3 heteroatoms. The minimum Gasteiger partial charge on any atom is -0.318 e. The summed E-state index contributed by atoms with van der Waals surface area (Å²) in [5.41, 5.74) is 3.00. The van der Waals surface area contributed by atoms with Crippen LogP contribution in [0.1, 0.15) is 20.8 Å². The molecule has 4 N–H and O–H groups in total. The van der Waals surface area contributed by atoms with Crippen molar-refractivity contribution in [2.75, 3.05) is 13.6 Å². The van der Waals surface area contributed by atoms with Gasteiger partial charge >= 0.3 is 0 Å². The topological polar surface area (TPSA) is 50.1 Å². The first-order valence-corrected chi connectivity index (χ1v) is 3.63. The van der Waals surface area contributed by atoms with E-state index < -0.39 is 0 Å². The van der Waals surface area contributed by atoms with E-state index in [9.17, 15) is 0 Å². The van der Waals surface area contributed by atoms with Crippen molar-refractivity contribution in [3.63, 3.8) is 0 Å². The Morgan fingerprint density at radius 3 is 2.00 bits per heavy atom. The Bertz CT molecular complexity index is 85.3. The lowest BCUT2D eigenvalue weighted by Gasteiger charge is -2.29. The van der Waals surface area contributed by atoms with E-state index in [1.165, 1.54) is 0 Å². The van der Waals surface area contributed by atoms with Gasteiger partial charge in [-0.1, -0.05) is 20.8 Å². The van der Waals surface area contributed by atoms with Crippen molar-refractivity contribution in [2.45, 2.75) is 26.8 Å². The largest absolute Gasteiger partial charge is 0.318 e. The monoisotopic (exact) mass is 145 g/mol. The average molecular weight is 145 g/mol. The van der Waals surface area contributed by atoms with Crippen LogP contribution < -0.4 is 16.6 Å². The summed E-state index contributed by atoms with van der Waals surface area (Å²) in [6.45, 7) is 7.39. The molecule has 0 radical (unpaired) electrons. The number of rotatable bonds is 3. The molecule has 0 aliphatic heterocycles. The van der Waals surface area contributed by atoms with Crippen molar-refractivity contribution in [1.29, 1.82) is 0 Å². The molecule has 0 bridgehead atoms. The second-order valence-electron chi connectivity index (χ2n) is 3.64. The maximum absolute atomic E-state index is 5.35. The van der Waals surface area contributed by atoms with E-state index in [1.807, 2.05) is 7.05 Å². The Labute approximate surface area is 63.3 Å². The minimum absolute atomic E-state index is 0.220. The molecule has 10 heavy (non-hydrogen) atoms. The molecule has 0 rings (SSSR count). The van der Waals surface area contributed by atoms with E-state index in [0.29, 0.717) is 6.04 Å². The molecule has 0 unspecified atom stereocenters. The maximum Gasteiger partial charge on any atom is 0.0383 e. The highest BCUT2D eigenvalue weighted by atomic mass is 15.2. The van der Waals surface area contributed by atoms with E-state index in [2.05, 4.69) is 31.5 Å². The molecule has 0 saturated heterocycles. The molecule has 3 nitrogen and oxygen atoms in total. The zero-order valence-electron chi connectivity index (χ0n) is 7.36. The zero-order chi connectivity index (χ0) is 8.20. The summed E-state index contributed by atoms with van der Waals surface area (Å²) in [6.07, 6.45) is 0. The van der Waals surface area contributed by atoms with Crippen molar-refractivity contribution in [1.82, 2.24) is 10.7 Å². The first-order valence-electron chi connectivity index (χ1n) is 3.63. The van der Waals surface area contributed by atoms with Gasteiger partial charge in [0.2, 0.25) is 0 Å². The Morgan fingerprint density at radius 1 is 1.40 bits per heavy atom. The van der Waals surface area contributed by atoms with Gasteiger partial charge in [0.05, 0.1) is 0 Å². The third-order valence-corrected chi connectivity index (χ3v) is 1.65. The molecule has 0 amide bonds. The van der Waals surface area contributed by atoms with Crippen molar-refractivity contribution in [3.05, 3.63) is 0 Å². The molecule has 0 spiro atoms. The molecule has 0 fully saturated rings. The number of nitrogens with one attached hydrogen (secondary N) is 2. The number of hydrazine groups is 1. The van der Waals surface area contributed by atoms with Gasteiger partial charge in [-0.25, -0.2) is 0 Å². The molecular formula is C7H19N3. The first-order chi connectivity index (χ1) is 4.52. The molecule has 0 heterocycles. The second kappa shape index (κ2) is 3.91. The molecule has 0 aliphatic rings. The van der Waals surface area contributed by atoms with Gasteiger partial charge in [0.25, 0.3) is 0 Å². The Hall–Kier alpha value is -0.120. The zero-order valence-corrected chi connectivity index (χ0v) is 7.36. The molecular weight excluding hydrogens is 126 g/mol. The molecule has 0 aromatic heterocycles. The quantitative estimate of drug-likeness (QED) is 0.389. The maximum atomic E-state index is 5.35. The molecule has 62 valence electrons. The summed E-state index contributed by atoms with van der Waals surface area (Å²) in [5, 5.41) is 3.08. The highest BCUT2D eigenvalue weighted by molar-refractivity contribution is 4.79. The van der Waals surface area contributed by atoms with Gasteiger partial charge in [-0.3, -0.25) is 11.3 Å². The number of hydrogen-bond donors (Lipinski definition) is 3. The number of nitrogens with two attached hydrogens (primary N) is 1. The van der Waals surface area contributed by atoms with Crippen LogP contribution >= 0.6 is 0 Å². The molecule has 0 aromatic carbocycles. The molecule has 1 atom stereocenters. The Morgan fingerprint density at radius 2 is 1.90 bits per heavy atom. The van der Waals surface area contributed by atoms with Crippen LogP contribution in [0.3, 0.4) is 0 Å². The van der Waals surface area contributed by atoms with Crippen LogP contribution in [0.5, 0.6) is 0 Å². The lowest BCUT2D eigenvalue weighted by Crippen LogP contribution is -2.49. The summed E-state index contributed by atoms with van der Waals surface area (Å²) >= 11 is 0. The highest BCUT2D eigenvalue weighted by Gasteiger charge is 2.21. The van der Waals surface area contributed by atoms with E-state index >= 15 is 0 Å². The van der Waals surface area contributed by atoms with E-state index in [0.717, 1.165) is 6.54 Å². The van der Waals surface area contributed by atoms with Crippen molar-refractivity contribution in [3.8, 4) is 0 Å². The Balaban J connectivity index is 3.81. The smallest absolute Gasteiger partial charge is 0.0383 e. The minimum atomic E-state index is 0.220. The normalized spacial score (nSPS) is 15.3. The fourth-order valence-corrected chi connectivity index (χ4v) is 0.819. The molecule has 0 saturated carbocycles.